The lowest BCUT2D eigenvalue weighted by Gasteiger charge is -2.51. The maximum Gasteiger partial charge on any atom is 0.0503 e. The molecule has 0 bridgehead atoms. The van der Waals surface area contributed by atoms with E-state index in [0.717, 1.165) is 6.42 Å². The minimum atomic E-state index is -0.138. The summed E-state index contributed by atoms with van der Waals surface area (Å²) in [5, 5.41) is 5.18. The first-order valence-electron chi connectivity index (χ1n) is 16.7. The minimum absolute atomic E-state index is 0.0408. The highest BCUT2D eigenvalue weighted by molar-refractivity contribution is 6.13. The number of fused-ring (bicyclic) bond motifs is 8. The van der Waals surface area contributed by atoms with E-state index < -0.39 is 0 Å². The molecule has 0 aromatic heterocycles. The molecule has 0 radical (unpaired) electrons. The number of benzene rings is 6. The SMILES string of the molecule is CC/C=C1\C2=C(C)C(C)(C)c3ccccc3N2c2ccc(-c3ccc(-c4cc5ccccc5c5ccccc45)cc3)cc2C1(C)C. The van der Waals surface area contributed by atoms with Crippen LogP contribution in [0.1, 0.15) is 59.1 Å². The van der Waals surface area contributed by atoms with Crippen molar-refractivity contribution in [1.82, 2.24) is 0 Å². The van der Waals surface area contributed by atoms with Crippen molar-refractivity contribution in [1.29, 1.82) is 0 Å². The lowest BCUT2D eigenvalue weighted by molar-refractivity contribution is 0.564. The van der Waals surface area contributed by atoms with Crippen LogP contribution in [0, 0.1) is 0 Å². The average molecular weight is 596 g/mol. The van der Waals surface area contributed by atoms with E-state index in [1.807, 2.05) is 0 Å². The van der Waals surface area contributed by atoms with Gasteiger partial charge in [-0.15, -0.1) is 0 Å². The molecule has 1 heteroatoms. The largest absolute Gasteiger partial charge is 0.310 e. The van der Waals surface area contributed by atoms with E-state index >= 15 is 0 Å². The first-order chi connectivity index (χ1) is 22.2. The third kappa shape index (κ3) is 4.07. The van der Waals surface area contributed by atoms with Crippen molar-refractivity contribution in [2.45, 2.75) is 58.8 Å². The fourth-order valence-corrected chi connectivity index (χ4v) is 8.10. The molecule has 2 heterocycles. The molecule has 0 N–H and O–H groups in total. The molecule has 1 nitrogen and oxygen atoms in total. The van der Waals surface area contributed by atoms with Gasteiger partial charge in [-0.25, -0.2) is 0 Å². The predicted molar refractivity (Wildman–Crippen MR) is 198 cm³/mol. The van der Waals surface area contributed by atoms with Gasteiger partial charge in [-0.1, -0.05) is 138 Å². The second-order valence-electron chi connectivity index (χ2n) is 14.1. The average Bonchev–Trinajstić information content (AvgIpc) is 3.08. The quantitative estimate of drug-likeness (QED) is 0.184. The summed E-state index contributed by atoms with van der Waals surface area (Å²) in [6, 6.07) is 45.2. The van der Waals surface area contributed by atoms with E-state index in [-0.39, 0.29) is 10.8 Å². The molecule has 6 aromatic rings. The molecule has 0 atom stereocenters. The highest BCUT2D eigenvalue weighted by Gasteiger charge is 2.46. The predicted octanol–water partition coefficient (Wildman–Crippen LogP) is 12.7. The Labute approximate surface area is 273 Å². The number of hydrogen-bond acceptors (Lipinski definition) is 1. The van der Waals surface area contributed by atoms with E-state index in [1.165, 1.54) is 83.1 Å². The summed E-state index contributed by atoms with van der Waals surface area (Å²) >= 11 is 0. The van der Waals surface area contributed by atoms with Crippen LogP contribution in [-0.4, -0.2) is 0 Å². The molecule has 0 spiro atoms. The maximum atomic E-state index is 2.55. The summed E-state index contributed by atoms with van der Waals surface area (Å²) < 4.78 is 0. The Morgan fingerprint density at radius 1 is 0.565 bits per heavy atom. The third-order valence-corrected chi connectivity index (χ3v) is 10.9. The summed E-state index contributed by atoms with van der Waals surface area (Å²) in [6.45, 7) is 14.2. The van der Waals surface area contributed by atoms with Gasteiger partial charge in [0.05, 0.1) is 11.4 Å². The molecular weight excluding hydrogens is 555 g/mol. The van der Waals surface area contributed by atoms with Crippen LogP contribution in [0.25, 0.3) is 43.8 Å². The van der Waals surface area contributed by atoms with Gasteiger partial charge in [0, 0.05) is 16.5 Å². The zero-order chi connectivity index (χ0) is 31.8. The number of anilines is 2. The van der Waals surface area contributed by atoms with Crippen molar-refractivity contribution < 1.29 is 0 Å². The van der Waals surface area contributed by atoms with Crippen LogP contribution in [-0.2, 0) is 10.8 Å². The number of rotatable bonds is 3. The highest BCUT2D eigenvalue weighted by atomic mass is 15.2. The van der Waals surface area contributed by atoms with Gasteiger partial charge in [0.25, 0.3) is 0 Å². The fourth-order valence-electron chi connectivity index (χ4n) is 8.10. The van der Waals surface area contributed by atoms with Crippen LogP contribution in [0.5, 0.6) is 0 Å². The van der Waals surface area contributed by atoms with Crippen LogP contribution in [0.15, 0.2) is 144 Å². The standard InChI is InChI=1S/C45H41N/c1-7-14-39-43-29(2)44(3,4)38-19-12-13-20-41(38)46(43)42-26-25-32(28-40(42)45(39,5)6)30-21-23-31(24-22-30)37-27-33-15-8-9-16-34(33)35-17-10-11-18-36(35)37/h8-28H,7H2,1-6H3/b39-14+. The molecule has 0 saturated carbocycles. The summed E-state index contributed by atoms with van der Waals surface area (Å²) in [6.07, 6.45) is 3.47. The van der Waals surface area contributed by atoms with Crippen LogP contribution in [0.3, 0.4) is 0 Å². The Morgan fingerprint density at radius 3 is 1.93 bits per heavy atom. The first-order valence-corrected chi connectivity index (χ1v) is 16.7. The molecule has 226 valence electrons. The molecule has 2 aliphatic heterocycles. The molecule has 0 amide bonds. The summed E-state index contributed by atoms with van der Waals surface area (Å²) in [7, 11) is 0. The van der Waals surface area contributed by atoms with E-state index in [1.54, 1.807) is 0 Å². The second kappa shape index (κ2) is 10.3. The molecule has 0 saturated heterocycles. The van der Waals surface area contributed by atoms with Crippen molar-refractivity contribution in [2.75, 3.05) is 4.90 Å². The fraction of sp³-hybridized carbons (Fsp3) is 0.200. The van der Waals surface area contributed by atoms with Gasteiger partial charge in [0.2, 0.25) is 0 Å². The minimum Gasteiger partial charge on any atom is -0.310 e. The topological polar surface area (TPSA) is 3.24 Å². The Balaban J connectivity index is 1.27. The van der Waals surface area contributed by atoms with Crippen molar-refractivity contribution in [2.24, 2.45) is 0 Å². The van der Waals surface area contributed by atoms with Gasteiger partial charge < -0.3 is 4.90 Å². The van der Waals surface area contributed by atoms with Gasteiger partial charge in [-0.2, -0.15) is 0 Å². The molecular formula is C45H41N. The molecule has 2 aliphatic rings. The Hall–Kier alpha value is -4.88. The highest BCUT2D eigenvalue weighted by Crippen LogP contribution is 2.58. The van der Waals surface area contributed by atoms with Gasteiger partial charge in [-0.05, 0) is 104 Å². The van der Waals surface area contributed by atoms with Gasteiger partial charge in [0.1, 0.15) is 0 Å². The smallest absolute Gasteiger partial charge is 0.0503 e. The van der Waals surface area contributed by atoms with E-state index in [0.29, 0.717) is 0 Å². The summed E-state index contributed by atoms with van der Waals surface area (Å²) in [5.74, 6) is 0. The number of hydrogen-bond donors (Lipinski definition) is 0. The number of allylic oxidation sites excluding steroid dienone is 3. The number of nitrogens with zero attached hydrogens (tertiary/aromatic N) is 1. The number of para-hydroxylation sites is 1. The van der Waals surface area contributed by atoms with E-state index in [4.69, 9.17) is 0 Å². The summed E-state index contributed by atoms with van der Waals surface area (Å²) in [5.41, 5.74) is 14.4. The normalized spacial score (nSPS) is 17.3. The van der Waals surface area contributed by atoms with Crippen molar-refractivity contribution in [3.05, 3.63) is 155 Å². The Kier molecular flexibility index (Phi) is 6.41. The lowest BCUT2D eigenvalue weighted by Crippen LogP contribution is -2.42. The first kappa shape index (κ1) is 28.6. The van der Waals surface area contributed by atoms with E-state index in [2.05, 4.69) is 174 Å². The van der Waals surface area contributed by atoms with Crippen molar-refractivity contribution >= 4 is 32.9 Å². The Morgan fingerprint density at radius 2 is 1.17 bits per heavy atom. The second-order valence-corrected chi connectivity index (χ2v) is 14.1. The zero-order valence-corrected chi connectivity index (χ0v) is 27.8. The van der Waals surface area contributed by atoms with Crippen LogP contribution < -0.4 is 4.90 Å². The van der Waals surface area contributed by atoms with Crippen molar-refractivity contribution in [3.63, 3.8) is 0 Å². The molecule has 0 unspecified atom stereocenters. The third-order valence-electron chi connectivity index (χ3n) is 10.9. The van der Waals surface area contributed by atoms with E-state index in [9.17, 15) is 0 Å². The molecule has 6 aromatic carbocycles. The lowest BCUT2D eigenvalue weighted by atomic mass is 9.65. The molecule has 0 aliphatic carbocycles. The van der Waals surface area contributed by atoms with Crippen LogP contribution >= 0.6 is 0 Å². The van der Waals surface area contributed by atoms with Crippen LogP contribution in [0.2, 0.25) is 0 Å². The maximum absolute atomic E-state index is 2.55. The monoisotopic (exact) mass is 595 g/mol. The van der Waals surface area contributed by atoms with Crippen LogP contribution in [0.4, 0.5) is 11.4 Å². The molecule has 8 rings (SSSR count). The van der Waals surface area contributed by atoms with Crippen molar-refractivity contribution in [3.8, 4) is 22.3 Å². The summed E-state index contributed by atoms with van der Waals surface area (Å²) in [4.78, 5) is 2.55. The zero-order valence-electron chi connectivity index (χ0n) is 27.8. The molecule has 46 heavy (non-hydrogen) atoms. The van der Waals surface area contributed by atoms with Gasteiger partial charge >= 0.3 is 0 Å². The molecule has 0 fully saturated rings. The van der Waals surface area contributed by atoms with Gasteiger partial charge in [0.15, 0.2) is 0 Å². The van der Waals surface area contributed by atoms with Gasteiger partial charge in [-0.3, -0.25) is 0 Å². The Bertz CT molecular complexity index is 2240.